The number of rotatable bonds is 4. The molecule has 2 aliphatic heterocycles. The number of nitrogens with zero attached hydrogens (tertiary/aromatic N) is 3. The second-order valence-electron chi connectivity index (χ2n) is 6.61. The third kappa shape index (κ3) is 3.66. The molecule has 2 saturated heterocycles. The molecule has 0 unspecified atom stereocenters. The van der Waals surface area contributed by atoms with E-state index in [4.69, 9.17) is 14.5 Å². The number of nitrogens with one attached hydrogen (secondary N) is 1. The monoisotopic (exact) mass is 328 g/mol. The molecule has 6 heteroatoms. The van der Waals surface area contributed by atoms with Gasteiger partial charge in [0, 0.05) is 24.6 Å². The number of likely N-dealkylation sites (tertiary alicyclic amines) is 1. The number of hydrogen-bond acceptors (Lipinski definition) is 5. The fraction of sp³-hybridized carbons (Fsp3) is 0.556. The second-order valence-corrected chi connectivity index (χ2v) is 6.61. The summed E-state index contributed by atoms with van der Waals surface area (Å²) in [5.41, 5.74) is 1.06. The molecule has 0 radical (unpaired) electrons. The lowest BCUT2D eigenvalue weighted by molar-refractivity contribution is -0.145. The molecule has 6 nitrogen and oxygen atoms in total. The summed E-state index contributed by atoms with van der Waals surface area (Å²) < 4.78 is 10.9. The van der Waals surface area contributed by atoms with Crippen molar-refractivity contribution in [3.63, 3.8) is 0 Å². The highest BCUT2D eigenvalue weighted by molar-refractivity contribution is 5.53. The average molecular weight is 328 g/mol. The summed E-state index contributed by atoms with van der Waals surface area (Å²) in [6.07, 6.45) is 3.64. The molecular weight excluding hydrogens is 304 g/mol. The Morgan fingerprint density at radius 2 is 2.12 bits per heavy atom. The lowest BCUT2D eigenvalue weighted by atomic mass is 9.97. The molecule has 1 aromatic heterocycles. The number of ether oxygens (including phenoxy) is 2. The van der Waals surface area contributed by atoms with Gasteiger partial charge in [0.05, 0.1) is 12.7 Å². The van der Waals surface area contributed by atoms with E-state index in [-0.39, 0.29) is 0 Å². The van der Waals surface area contributed by atoms with Gasteiger partial charge in [0.15, 0.2) is 5.82 Å². The van der Waals surface area contributed by atoms with Crippen LogP contribution in [0.2, 0.25) is 0 Å². The van der Waals surface area contributed by atoms with Crippen molar-refractivity contribution in [2.45, 2.75) is 31.3 Å². The van der Waals surface area contributed by atoms with Crippen molar-refractivity contribution in [1.29, 1.82) is 0 Å². The van der Waals surface area contributed by atoms with Crippen LogP contribution in [0.15, 0.2) is 30.3 Å². The van der Waals surface area contributed by atoms with Crippen LogP contribution < -0.4 is 0 Å². The normalized spacial score (nSPS) is 25.7. The SMILES string of the molecule is c1ccc(-c2n[nH]c([C@H]3CCCN(C[C@@H]4CCOCO4)C3)n2)cc1. The van der Waals surface area contributed by atoms with Crippen molar-refractivity contribution in [3.8, 4) is 11.4 Å². The largest absolute Gasteiger partial charge is 0.355 e. The molecular formula is C18H24N4O2. The van der Waals surface area contributed by atoms with Gasteiger partial charge in [-0.3, -0.25) is 5.10 Å². The van der Waals surface area contributed by atoms with Crippen LogP contribution in [0.5, 0.6) is 0 Å². The van der Waals surface area contributed by atoms with Gasteiger partial charge in [0.1, 0.15) is 12.6 Å². The molecule has 2 atom stereocenters. The lowest BCUT2D eigenvalue weighted by Crippen LogP contribution is -2.42. The van der Waals surface area contributed by atoms with E-state index in [1.807, 2.05) is 30.3 Å². The van der Waals surface area contributed by atoms with E-state index in [0.29, 0.717) is 18.8 Å². The summed E-state index contributed by atoms with van der Waals surface area (Å²) in [5.74, 6) is 2.21. The Morgan fingerprint density at radius 3 is 2.96 bits per heavy atom. The van der Waals surface area contributed by atoms with E-state index >= 15 is 0 Å². The molecule has 128 valence electrons. The van der Waals surface area contributed by atoms with Crippen LogP contribution in [0, 0.1) is 0 Å². The molecule has 2 aromatic rings. The molecule has 4 rings (SSSR count). The number of H-pyrrole nitrogens is 1. The first kappa shape index (κ1) is 15.7. The van der Waals surface area contributed by atoms with Crippen LogP contribution in [0.25, 0.3) is 11.4 Å². The standard InChI is InChI=1S/C18H24N4O2/c1-2-5-14(6-3-1)17-19-18(21-20-17)15-7-4-9-22(11-15)12-16-8-10-23-13-24-16/h1-3,5-6,15-16H,4,7-13H2,(H,19,20,21)/t15-,16-/m0/s1. The molecule has 1 aromatic carbocycles. The molecule has 0 saturated carbocycles. The topological polar surface area (TPSA) is 63.3 Å². The van der Waals surface area contributed by atoms with Gasteiger partial charge in [0.2, 0.25) is 0 Å². The van der Waals surface area contributed by atoms with Gasteiger partial charge >= 0.3 is 0 Å². The van der Waals surface area contributed by atoms with Crippen molar-refractivity contribution < 1.29 is 9.47 Å². The van der Waals surface area contributed by atoms with Crippen LogP contribution in [-0.4, -0.2) is 59.2 Å². The van der Waals surface area contributed by atoms with Crippen molar-refractivity contribution in [2.75, 3.05) is 33.0 Å². The van der Waals surface area contributed by atoms with Gasteiger partial charge in [-0.2, -0.15) is 5.10 Å². The Morgan fingerprint density at radius 1 is 1.21 bits per heavy atom. The summed E-state index contributed by atoms with van der Waals surface area (Å²) in [7, 11) is 0. The summed E-state index contributed by atoms with van der Waals surface area (Å²) in [5, 5.41) is 7.57. The van der Waals surface area contributed by atoms with Crippen LogP contribution in [0.3, 0.4) is 0 Å². The van der Waals surface area contributed by atoms with E-state index in [0.717, 1.165) is 56.3 Å². The van der Waals surface area contributed by atoms with Gasteiger partial charge in [-0.25, -0.2) is 4.98 Å². The van der Waals surface area contributed by atoms with Crippen LogP contribution in [-0.2, 0) is 9.47 Å². The molecule has 0 aliphatic carbocycles. The van der Waals surface area contributed by atoms with Crippen molar-refractivity contribution >= 4 is 0 Å². The Labute approximate surface area is 142 Å². The Balaban J connectivity index is 1.40. The summed E-state index contributed by atoms with van der Waals surface area (Å²) in [6.45, 7) is 4.38. The second kappa shape index (κ2) is 7.42. The molecule has 0 amide bonds. The van der Waals surface area contributed by atoms with E-state index < -0.39 is 0 Å². The van der Waals surface area contributed by atoms with Gasteiger partial charge in [-0.05, 0) is 25.8 Å². The number of hydrogen-bond donors (Lipinski definition) is 1. The number of aromatic nitrogens is 3. The quantitative estimate of drug-likeness (QED) is 0.934. The third-order valence-corrected chi connectivity index (χ3v) is 4.86. The first-order valence-electron chi connectivity index (χ1n) is 8.78. The van der Waals surface area contributed by atoms with Crippen molar-refractivity contribution in [2.24, 2.45) is 0 Å². The number of benzene rings is 1. The molecule has 3 heterocycles. The van der Waals surface area contributed by atoms with Crippen LogP contribution >= 0.6 is 0 Å². The van der Waals surface area contributed by atoms with E-state index in [9.17, 15) is 0 Å². The summed E-state index contributed by atoms with van der Waals surface area (Å²) in [4.78, 5) is 7.24. The van der Waals surface area contributed by atoms with Crippen molar-refractivity contribution in [1.82, 2.24) is 20.1 Å². The molecule has 1 N–H and O–H groups in total. The third-order valence-electron chi connectivity index (χ3n) is 4.86. The molecule has 0 spiro atoms. The first-order chi connectivity index (χ1) is 11.9. The van der Waals surface area contributed by atoms with Gasteiger partial charge < -0.3 is 14.4 Å². The van der Waals surface area contributed by atoms with Crippen molar-refractivity contribution in [3.05, 3.63) is 36.2 Å². The fourth-order valence-electron chi connectivity index (χ4n) is 3.55. The van der Waals surface area contributed by atoms with E-state index in [1.165, 1.54) is 6.42 Å². The zero-order valence-corrected chi connectivity index (χ0v) is 13.9. The minimum absolute atomic E-state index is 0.298. The Bertz CT molecular complexity index is 639. The summed E-state index contributed by atoms with van der Waals surface area (Å²) >= 11 is 0. The van der Waals surface area contributed by atoms with Crippen LogP contribution in [0.4, 0.5) is 0 Å². The zero-order valence-electron chi connectivity index (χ0n) is 13.9. The lowest BCUT2D eigenvalue weighted by Gasteiger charge is -2.35. The van der Waals surface area contributed by atoms with Gasteiger partial charge in [-0.15, -0.1) is 0 Å². The predicted octanol–water partition coefficient (Wildman–Crippen LogP) is 2.41. The summed E-state index contributed by atoms with van der Waals surface area (Å²) in [6, 6.07) is 10.1. The highest BCUT2D eigenvalue weighted by atomic mass is 16.7. The highest BCUT2D eigenvalue weighted by Gasteiger charge is 2.26. The first-order valence-corrected chi connectivity index (χ1v) is 8.78. The minimum atomic E-state index is 0.298. The maximum absolute atomic E-state index is 5.68. The molecule has 2 fully saturated rings. The zero-order chi connectivity index (χ0) is 16.2. The van der Waals surface area contributed by atoms with E-state index in [1.54, 1.807) is 0 Å². The average Bonchev–Trinajstić information content (AvgIpc) is 3.14. The Kier molecular flexibility index (Phi) is 4.87. The minimum Gasteiger partial charge on any atom is -0.355 e. The predicted molar refractivity (Wildman–Crippen MR) is 90.5 cm³/mol. The van der Waals surface area contributed by atoms with E-state index in [2.05, 4.69) is 15.1 Å². The molecule has 0 bridgehead atoms. The molecule has 2 aliphatic rings. The number of aromatic amines is 1. The smallest absolute Gasteiger partial charge is 0.181 e. The Hall–Kier alpha value is -1.76. The highest BCUT2D eigenvalue weighted by Crippen LogP contribution is 2.26. The van der Waals surface area contributed by atoms with Crippen LogP contribution in [0.1, 0.15) is 31.0 Å². The number of piperidine rings is 1. The van der Waals surface area contributed by atoms with Gasteiger partial charge in [0.25, 0.3) is 0 Å². The van der Waals surface area contributed by atoms with Gasteiger partial charge in [-0.1, -0.05) is 30.3 Å². The molecule has 24 heavy (non-hydrogen) atoms. The maximum atomic E-state index is 5.68. The maximum Gasteiger partial charge on any atom is 0.181 e. The fourth-order valence-corrected chi connectivity index (χ4v) is 3.55.